The highest BCUT2D eigenvalue weighted by molar-refractivity contribution is 5.82. The highest BCUT2D eigenvalue weighted by atomic mass is 16.5. The molecule has 76 valence electrons. The number of hydrogen-bond acceptors (Lipinski definition) is 4. The number of nitrogens with zero attached hydrogens (tertiary/aromatic N) is 1. The van der Waals surface area contributed by atoms with Gasteiger partial charge in [-0.1, -0.05) is 17.3 Å². The summed E-state index contributed by atoms with van der Waals surface area (Å²) in [7, 11) is 1.31. The van der Waals surface area contributed by atoms with E-state index < -0.39 is 11.5 Å². The molecule has 0 aromatic carbocycles. The van der Waals surface area contributed by atoms with Gasteiger partial charge in [0.1, 0.15) is 0 Å². The minimum absolute atomic E-state index is 0.0579. The number of esters is 1. The Morgan fingerprint density at radius 3 is 2.64 bits per heavy atom. The molecule has 0 N–H and O–H groups in total. The minimum atomic E-state index is -1.13. The van der Waals surface area contributed by atoms with Crippen LogP contribution >= 0.6 is 0 Å². The number of methoxy groups -OCH3 is 1. The first kappa shape index (κ1) is 9.37. The topological polar surface area (TPSA) is 55.7 Å². The number of ether oxygens (including phenoxy) is 1. The number of fused-ring (bicyclic) bond motifs is 2. The molecule has 1 saturated carbocycles. The molecule has 4 nitrogen and oxygen atoms in total. The lowest BCUT2D eigenvalue weighted by Gasteiger charge is -2.41. The first-order valence-corrected chi connectivity index (χ1v) is 4.84. The van der Waals surface area contributed by atoms with Gasteiger partial charge in [-0.25, -0.2) is 4.79 Å². The Morgan fingerprint density at radius 1 is 1.50 bits per heavy atom. The van der Waals surface area contributed by atoms with Crippen molar-refractivity contribution in [2.45, 2.75) is 24.8 Å². The van der Waals surface area contributed by atoms with E-state index in [1.54, 1.807) is 0 Å². The van der Waals surface area contributed by atoms with Crippen molar-refractivity contribution in [1.29, 1.82) is 0 Å². The SMILES string of the molecule is COC(=O)[C@]1(N=O)C[C@H]2C=C[C@@H]1CC2. The van der Waals surface area contributed by atoms with E-state index in [4.69, 9.17) is 0 Å². The fourth-order valence-corrected chi connectivity index (χ4v) is 2.55. The first-order valence-electron chi connectivity index (χ1n) is 4.84. The number of carbonyl (C=O) groups excluding carboxylic acids is 1. The van der Waals surface area contributed by atoms with Crippen LogP contribution in [0.3, 0.4) is 0 Å². The van der Waals surface area contributed by atoms with Crippen molar-refractivity contribution in [2.75, 3.05) is 7.11 Å². The highest BCUT2D eigenvalue weighted by Crippen LogP contribution is 2.45. The fraction of sp³-hybridized carbons (Fsp3) is 0.700. The molecule has 0 aromatic rings. The zero-order chi connectivity index (χ0) is 10.2. The van der Waals surface area contributed by atoms with Gasteiger partial charge in [-0.3, -0.25) is 0 Å². The second kappa shape index (κ2) is 3.19. The summed E-state index contributed by atoms with van der Waals surface area (Å²) >= 11 is 0. The van der Waals surface area contributed by atoms with Gasteiger partial charge < -0.3 is 4.74 Å². The Kier molecular flexibility index (Phi) is 2.13. The minimum Gasteiger partial charge on any atom is -0.467 e. The number of nitroso groups, excluding NO2 is 1. The number of carbonyl (C=O) groups is 1. The van der Waals surface area contributed by atoms with Gasteiger partial charge in [0.05, 0.1) is 7.11 Å². The number of rotatable bonds is 2. The molecule has 3 aliphatic rings. The van der Waals surface area contributed by atoms with Crippen molar-refractivity contribution in [3.63, 3.8) is 0 Å². The molecule has 0 unspecified atom stereocenters. The van der Waals surface area contributed by atoms with Gasteiger partial charge in [-0.2, -0.15) is 0 Å². The Morgan fingerprint density at radius 2 is 2.29 bits per heavy atom. The number of allylic oxidation sites excluding steroid dienone is 1. The predicted octanol–water partition coefficient (Wildman–Crippen LogP) is 1.65. The molecule has 0 aliphatic heterocycles. The van der Waals surface area contributed by atoms with Crippen molar-refractivity contribution in [3.05, 3.63) is 17.1 Å². The summed E-state index contributed by atoms with van der Waals surface area (Å²) in [5, 5.41) is 3.06. The maximum absolute atomic E-state index is 11.6. The average Bonchev–Trinajstić information content (AvgIpc) is 2.29. The van der Waals surface area contributed by atoms with E-state index in [2.05, 4.69) is 16.0 Å². The lowest BCUT2D eigenvalue weighted by Crippen LogP contribution is -2.50. The van der Waals surface area contributed by atoms with Crippen LogP contribution in [0.25, 0.3) is 0 Å². The molecule has 0 heterocycles. The molecule has 3 atom stereocenters. The largest absolute Gasteiger partial charge is 0.467 e. The molecule has 4 heteroatoms. The van der Waals surface area contributed by atoms with Crippen molar-refractivity contribution in [3.8, 4) is 0 Å². The summed E-state index contributed by atoms with van der Waals surface area (Å²) in [6, 6.07) is 0. The average molecular weight is 195 g/mol. The molecule has 0 amide bonds. The molecule has 2 bridgehead atoms. The Balaban J connectivity index is 2.34. The molecule has 14 heavy (non-hydrogen) atoms. The molecule has 0 radical (unpaired) electrons. The van der Waals surface area contributed by atoms with E-state index in [9.17, 15) is 9.70 Å². The van der Waals surface area contributed by atoms with E-state index in [0.717, 1.165) is 12.8 Å². The molecule has 3 aliphatic carbocycles. The van der Waals surface area contributed by atoms with E-state index in [-0.39, 0.29) is 5.92 Å². The maximum atomic E-state index is 11.6. The van der Waals surface area contributed by atoms with Gasteiger partial charge in [-0.05, 0) is 25.2 Å². The van der Waals surface area contributed by atoms with E-state index in [1.165, 1.54) is 7.11 Å². The van der Waals surface area contributed by atoms with Crippen molar-refractivity contribution in [1.82, 2.24) is 0 Å². The quantitative estimate of drug-likeness (QED) is 0.382. The maximum Gasteiger partial charge on any atom is 0.338 e. The van der Waals surface area contributed by atoms with E-state index in [0.29, 0.717) is 12.3 Å². The number of hydrogen-bond donors (Lipinski definition) is 0. The zero-order valence-electron chi connectivity index (χ0n) is 8.10. The molecule has 0 spiro atoms. The summed E-state index contributed by atoms with van der Waals surface area (Å²) in [6.07, 6.45) is 6.46. The van der Waals surface area contributed by atoms with Crippen LogP contribution in [-0.4, -0.2) is 18.6 Å². The summed E-state index contributed by atoms with van der Waals surface area (Å²) in [5.74, 6) is -0.221. The second-order valence-electron chi connectivity index (χ2n) is 4.04. The first-order chi connectivity index (χ1) is 6.73. The van der Waals surface area contributed by atoms with Crippen LogP contribution < -0.4 is 0 Å². The molecule has 0 saturated heterocycles. The Bertz CT molecular complexity index is 300. The standard InChI is InChI=1S/C10H13NO3/c1-14-9(12)10(11-13)6-7-2-4-8(10)5-3-7/h2,4,7-8H,3,5-6H2,1H3/t7-,8+,10-/m0/s1. The third-order valence-corrected chi connectivity index (χ3v) is 3.35. The monoisotopic (exact) mass is 195 g/mol. The van der Waals surface area contributed by atoms with Crippen LogP contribution in [-0.2, 0) is 9.53 Å². The zero-order valence-corrected chi connectivity index (χ0v) is 8.10. The third kappa shape index (κ3) is 1.10. The second-order valence-corrected chi connectivity index (χ2v) is 4.04. The summed E-state index contributed by atoms with van der Waals surface area (Å²) in [4.78, 5) is 22.4. The van der Waals surface area contributed by atoms with Crippen LogP contribution in [0.2, 0.25) is 0 Å². The van der Waals surface area contributed by atoms with Gasteiger partial charge in [-0.15, -0.1) is 4.91 Å². The molecular formula is C10H13NO3. The van der Waals surface area contributed by atoms with Crippen LogP contribution in [0.15, 0.2) is 17.3 Å². The summed E-state index contributed by atoms with van der Waals surface area (Å²) in [5.41, 5.74) is -1.13. The van der Waals surface area contributed by atoms with E-state index in [1.807, 2.05) is 6.08 Å². The van der Waals surface area contributed by atoms with Crippen molar-refractivity contribution >= 4 is 5.97 Å². The molecule has 0 aromatic heterocycles. The lowest BCUT2D eigenvalue weighted by molar-refractivity contribution is -0.150. The highest BCUT2D eigenvalue weighted by Gasteiger charge is 2.53. The predicted molar refractivity (Wildman–Crippen MR) is 50.5 cm³/mol. The normalized spacial score (nSPS) is 39.5. The van der Waals surface area contributed by atoms with Crippen LogP contribution in [0.5, 0.6) is 0 Å². The Hall–Kier alpha value is -1.19. The van der Waals surface area contributed by atoms with Gasteiger partial charge >= 0.3 is 5.97 Å². The third-order valence-electron chi connectivity index (χ3n) is 3.35. The smallest absolute Gasteiger partial charge is 0.338 e. The van der Waals surface area contributed by atoms with Crippen LogP contribution in [0, 0.1) is 16.7 Å². The molecular weight excluding hydrogens is 182 g/mol. The fourth-order valence-electron chi connectivity index (χ4n) is 2.55. The van der Waals surface area contributed by atoms with Gasteiger partial charge in [0.15, 0.2) is 0 Å². The van der Waals surface area contributed by atoms with Gasteiger partial charge in [0.25, 0.3) is 0 Å². The van der Waals surface area contributed by atoms with E-state index >= 15 is 0 Å². The molecule has 3 rings (SSSR count). The Labute approximate surface area is 82.3 Å². The lowest BCUT2D eigenvalue weighted by atomic mass is 9.64. The summed E-state index contributed by atoms with van der Waals surface area (Å²) in [6.45, 7) is 0. The van der Waals surface area contributed by atoms with Crippen molar-refractivity contribution in [2.24, 2.45) is 17.0 Å². The van der Waals surface area contributed by atoms with Gasteiger partial charge in [0, 0.05) is 5.92 Å². The van der Waals surface area contributed by atoms with Gasteiger partial charge in [0.2, 0.25) is 5.54 Å². The van der Waals surface area contributed by atoms with Crippen LogP contribution in [0.4, 0.5) is 0 Å². The summed E-state index contributed by atoms with van der Waals surface area (Å²) < 4.78 is 4.67. The van der Waals surface area contributed by atoms with Crippen LogP contribution in [0.1, 0.15) is 19.3 Å². The molecule has 1 fully saturated rings. The van der Waals surface area contributed by atoms with Crippen molar-refractivity contribution < 1.29 is 9.53 Å².